The van der Waals surface area contributed by atoms with Crippen molar-refractivity contribution in [3.8, 4) is 0 Å². The van der Waals surface area contributed by atoms with Gasteiger partial charge in [-0.1, -0.05) is 24.8 Å². The summed E-state index contributed by atoms with van der Waals surface area (Å²) in [6.07, 6.45) is 3.80. The third kappa shape index (κ3) is 2.44. The molecule has 1 unspecified atom stereocenters. The SMILES string of the molecule is CCNC1C(=O)Nc2cc(Sc3cnn(C)c3)ccc21. The fourth-order valence-corrected chi connectivity index (χ4v) is 3.19. The lowest BCUT2D eigenvalue weighted by Gasteiger charge is -2.09. The van der Waals surface area contributed by atoms with Gasteiger partial charge in [0.05, 0.1) is 11.1 Å². The number of amides is 1. The molecule has 3 rings (SSSR count). The Hall–Kier alpha value is -1.79. The first-order valence-electron chi connectivity index (χ1n) is 6.52. The van der Waals surface area contributed by atoms with Crippen molar-refractivity contribution in [2.24, 2.45) is 7.05 Å². The molecule has 1 aromatic heterocycles. The zero-order valence-corrected chi connectivity index (χ0v) is 12.2. The van der Waals surface area contributed by atoms with Crippen LogP contribution in [0.5, 0.6) is 0 Å². The molecule has 0 saturated carbocycles. The van der Waals surface area contributed by atoms with Crippen LogP contribution in [0.25, 0.3) is 0 Å². The van der Waals surface area contributed by atoms with Crippen LogP contribution < -0.4 is 10.6 Å². The van der Waals surface area contributed by atoms with Gasteiger partial charge in [0.25, 0.3) is 0 Å². The summed E-state index contributed by atoms with van der Waals surface area (Å²) >= 11 is 1.64. The Kier molecular flexibility index (Phi) is 3.50. The molecule has 6 heteroatoms. The number of hydrogen-bond acceptors (Lipinski definition) is 4. The zero-order valence-electron chi connectivity index (χ0n) is 11.4. The summed E-state index contributed by atoms with van der Waals surface area (Å²) in [5.41, 5.74) is 1.92. The Morgan fingerprint density at radius 2 is 2.30 bits per heavy atom. The number of carbonyl (C=O) groups excluding carboxylic acids is 1. The monoisotopic (exact) mass is 288 g/mol. The summed E-state index contributed by atoms with van der Waals surface area (Å²) in [5, 5.41) is 10.3. The number of hydrogen-bond donors (Lipinski definition) is 2. The highest BCUT2D eigenvalue weighted by Gasteiger charge is 2.29. The van der Waals surface area contributed by atoms with E-state index < -0.39 is 0 Å². The van der Waals surface area contributed by atoms with Crippen molar-refractivity contribution in [1.82, 2.24) is 15.1 Å². The van der Waals surface area contributed by atoms with Crippen LogP contribution >= 0.6 is 11.8 Å². The first kappa shape index (κ1) is 13.2. The van der Waals surface area contributed by atoms with Gasteiger partial charge in [-0.3, -0.25) is 9.48 Å². The van der Waals surface area contributed by atoms with Crippen molar-refractivity contribution in [3.63, 3.8) is 0 Å². The summed E-state index contributed by atoms with van der Waals surface area (Å²) in [5.74, 6) is 0.0189. The molecule has 1 aromatic carbocycles. The van der Waals surface area contributed by atoms with Gasteiger partial charge in [0.1, 0.15) is 6.04 Å². The lowest BCUT2D eigenvalue weighted by molar-refractivity contribution is -0.117. The van der Waals surface area contributed by atoms with Gasteiger partial charge in [-0.05, 0) is 18.7 Å². The summed E-state index contributed by atoms with van der Waals surface area (Å²) < 4.78 is 1.78. The van der Waals surface area contributed by atoms with E-state index in [2.05, 4.69) is 15.7 Å². The standard InChI is InChI=1S/C14H16N4OS/c1-3-15-13-11-5-4-9(6-12(11)17-14(13)19)20-10-7-16-18(2)8-10/h4-8,13,15H,3H2,1-2H3,(H,17,19). The molecule has 2 aromatic rings. The maximum Gasteiger partial charge on any atom is 0.246 e. The number of aryl methyl sites for hydroxylation is 1. The molecule has 1 aliphatic rings. The normalized spacial score (nSPS) is 17.1. The molecule has 20 heavy (non-hydrogen) atoms. The van der Waals surface area contributed by atoms with E-state index >= 15 is 0 Å². The maximum atomic E-state index is 11.9. The fraction of sp³-hybridized carbons (Fsp3) is 0.286. The molecular weight excluding hydrogens is 272 g/mol. The van der Waals surface area contributed by atoms with Crippen LogP contribution in [0.1, 0.15) is 18.5 Å². The number of carbonyl (C=O) groups is 1. The van der Waals surface area contributed by atoms with Crippen molar-refractivity contribution >= 4 is 23.4 Å². The summed E-state index contributed by atoms with van der Waals surface area (Å²) in [6.45, 7) is 2.77. The van der Waals surface area contributed by atoms with Gasteiger partial charge in [-0.15, -0.1) is 0 Å². The summed E-state index contributed by atoms with van der Waals surface area (Å²) in [6, 6.07) is 5.84. The van der Waals surface area contributed by atoms with Crippen LogP contribution in [0.2, 0.25) is 0 Å². The van der Waals surface area contributed by atoms with E-state index in [-0.39, 0.29) is 11.9 Å². The lowest BCUT2D eigenvalue weighted by Crippen LogP contribution is -2.27. The quantitative estimate of drug-likeness (QED) is 0.905. The van der Waals surface area contributed by atoms with E-state index in [1.54, 1.807) is 16.4 Å². The molecule has 1 aliphatic heterocycles. The predicted octanol–water partition coefficient (Wildman–Crippen LogP) is 2.17. The smallest absolute Gasteiger partial charge is 0.246 e. The number of benzene rings is 1. The molecule has 0 saturated heterocycles. The van der Waals surface area contributed by atoms with Crippen LogP contribution in [0.3, 0.4) is 0 Å². The number of aromatic nitrogens is 2. The van der Waals surface area contributed by atoms with E-state index in [1.807, 2.05) is 44.6 Å². The molecule has 0 aliphatic carbocycles. The molecule has 5 nitrogen and oxygen atoms in total. The minimum atomic E-state index is -0.229. The van der Waals surface area contributed by atoms with E-state index in [0.29, 0.717) is 0 Å². The molecule has 0 bridgehead atoms. The zero-order chi connectivity index (χ0) is 14.1. The molecule has 0 spiro atoms. The van der Waals surface area contributed by atoms with Crippen LogP contribution in [0.15, 0.2) is 40.4 Å². The Balaban J connectivity index is 1.84. The van der Waals surface area contributed by atoms with Crippen LogP contribution in [0.4, 0.5) is 5.69 Å². The van der Waals surface area contributed by atoms with Gasteiger partial charge in [0, 0.05) is 29.4 Å². The van der Waals surface area contributed by atoms with Crippen molar-refractivity contribution in [1.29, 1.82) is 0 Å². The number of nitrogens with zero attached hydrogens (tertiary/aromatic N) is 2. The van der Waals surface area contributed by atoms with E-state index in [0.717, 1.165) is 27.6 Å². The first-order valence-corrected chi connectivity index (χ1v) is 7.33. The molecule has 2 N–H and O–H groups in total. The largest absolute Gasteiger partial charge is 0.324 e. The average molecular weight is 288 g/mol. The molecule has 104 valence electrons. The predicted molar refractivity (Wildman–Crippen MR) is 78.8 cm³/mol. The molecular formula is C14H16N4OS. The number of rotatable bonds is 4. The topological polar surface area (TPSA) is 59.0 Å². The number of likely N-dealkylation sites (N-methyl/N-ethyl adjacent to an activating group) is 1. The maximum absolute atomic E-state index is 11.9. The second kappa shape index (κ2) is 5.30. The second-order valence-electron chi connectivity index (χ2n) is 4.68. The highest BCUT2D eigenvalue weighted by atomic mass is 32.2. The van der Waals surface area contributed by atoms with Crippen LogP contribution in [0, 0.1) is 0 Å². The van der Waals surface area contributed by atoms with Crippen molar-refractivity contribution in [2.45, 2.75) is 22.8 Å². The average Bonchev–Trinajstić information content (AvgIpc) is 2.94. The van der Waals surface area contributed by atoms with Crippen LogP contribution in [-0.2, 0) is 11.8 Å². The minimum absolute atomic E-state index is 0.0189. The highest BCUT2D eigenvalue weighted by Crippen LogP contribution is 2.36. The van der Waals surface area contributed by atoms with Crippen LogP contribution in [-0.4, -0.2) is 22.2 Å². The third-order valence-electron chi connectivity index (χ3n) is 3.18. The van der Waals surface area contributed by atoms with Gasteiger partial charge in [0.2, 0.25) is 5.91 Å². The highest BCUT2D eigenvalue weighted by molar-refractivity contribution is 7.99. The first-order chi connectivity index (χ1) is 9.67. The fourth-order valence-electron chi connectivity index (χ4n) is 2.30. The van der Waals surface area contributed by atoms with Gasteiger partial charge in [0.15, 0.2) is 0 Å². The molecule has 1 amide bonds. The molecule has 2 heterocycles. The Labute approximate surface area is 121 Å². The number of fused-ring (bicyclic) bond motifs is 1. The Morgan fingerprint density at radius 3 is 3.00 bits per heavy atom. The van der Waals surface area contributed by atoms with Crippen molar-refractivity contribution in [2.75, 3.05) is 11.9 Å². The van der Waals surface area contributed by atoms with Gasteiger partial charge < -0.3 is 10.6 Å². The van der Waals surface area contributed by atoms with Gasteiger partial charge >= 0.3 is 0 Å². The lowest BCUT2D eigenvalue weighted by atomic mass is 10.1. The van der Waals surface area contributed by atoms with E-state index in [4.69, 9.17) is 0 Å². The summed E-state index contributed by atoms with van der Waals surface area (Å²) in [7, 11) is 1.90. The third-order valence-corrected chi connectivity index (χ3v) is 4.12. The van der Waals surface area contributed by atoms with Crippen molar-refractivity contribution < 1.29 is 4.79 Å². The second-order valence-corrected chi connectivity index (χ2v) is 5.83. The van der Waals surface area contributed by atoms with Crippen molar-refractivity contribution in [3.05, 3.63) is 36.2 Å². The number of nitrogens with one attached hydrogen (secondary N) is 2. The molecule has 0 radical (unpaired) electrons. The Bertz CT molecular complexity index is 652. The van der Waals surface area contributed by atoms with E-state index in [1.165, 1.54) is 0 Å². The number of anilines is 1. The Morgan fingerprint density at radius 1 is 1.45 bits per heavy atom. The molecule has 1 atom stereocenters. The van der Waals surface area contributed by atoms with Gasteiger partial charge in [-0.2, -0.15) is 5.10 Å². The van der Waals surface area contributed by atoms with E-state index in [9.17, 15) is 4.79 Å². The minimum Gasteiger partial charge on any atom is -0.324 e. The summed E-state index contributed by atoms with van der Waals surface area (Å²) in [4.78, 5) is 14.1. The molecule has 0 fully saturated rings. The van der Waals surface area contributed by atoms with Gasteiger partial charge in [-0.25, -0.2) is 0 Å².